The van der Waals surface area contributed by atoms with E-state index in [-0.39, 0.29) is 5.69 Å². The van der Waals surface area contributed by atoms with Gasteiger partial charge >= 0.3 is 0 Å². The highest BCUT2D eigenvalue weighted by Gasteiger charge is 2.12. The molecule has 5 nitrogen and oxygen atoms in total. The van der Waals surface area contributed by atoms with E-state index in [0.717, 1.165) is 11.4 Å². The lowest BCUT2D eigenvalue weighted by Crippen LogP contribution is -1.93. The summed E-state index contributed by atoms with van der Waals surface area (Å²) in [4.78, 5) is 14.8. The van der Waals surface area contributed by atoms with Crippen molar-refractivity contribution in [1.29, 1.82) is 0 Å². The molecule has 20 heavy (non-hydrogen) atoms. The lowest BCUT2D eigenvalue weighted by molar-refractivity contribution is -0.383. The van der Waals surface area contributed by atoms with Gasteiger partial charge in [0.2, 0.25) is 0 Å². The van der Waals surface area contributed by atoms with Gasteiger partial charge in [-0.15, -0.1) is 0 Å². The molecule has 0 unspecified atom stereocenters. The second kappa shape index (κ2) is 4.97. The summed E-state index contributed by atoms with van der Waals surface area (Å²) in [5.41, 5.74) is 2.39. The molecule has 0 bridgehead atoms. The smallest absolute Gasteiger partial charge is 0.280 e. The topological polar surface area (TPSA) is 68.1 Å². The second-order valence-corrected chi connectivity index (χ2v) is 4.31. The predicted molar refractivity (Wildman–Crippen MR) is 78.1 cm³/mol. The molecule has 2 aromatic carbocycles. The molecule has 0 saturated carbocycles. The van der Waals surface area contributed by atoms with Gasteiger partial charge < -0.3 is 5.32 Å². The molecule has 0 aliphatic rings. The minimum atomic E-state index is -0.393. The molecule has 0 aliphatic heterocycles. The SMILES string of the molecule is O=[N+]([O-])c1ccnc2ccc(Nc3ccccc3)cc12. The lowest BCUT2D eigenvalue weighted by atomic mass is 10.1. The Balaban J connectivity index is 2.06. The molecular weight excluding hydrogens is 254 g/mol. The maximum Gasteiger partial charge on any atom is 0.280 e. The van der Waals surface area contributed by atoms with Crippen molar-refractivity contribution in [3.8, 4) is 0 Å². The van der Waals surface area contributed by atoms with Crippen LogP contribution in [0.2, 0.25) is 0 Å². The van der Waals surface area contributed by atoms with Crippen LogP contribution in [0.3, 0.4) is 0 Å². The number of hydrogen-bond donors (Lipinski definition) is 1. The first-order valence-electron chi connectivity index (χ1n) is 6.09. The van der Waals surface area contributed by atoms with Gasteiger partial charge in [0.15, 0.2) is 0 Å². The Bertz CT molecular complexity index is 772. The van der Waals surface area contributed by atoms with Gasteiger partial charge in [-0.2, -0.15) is 0 Å². The van der Waals surface area contributed by atoms with E-state index in [0.29, 0.717) is 10.9 Å². The predicted octanol–water partition coefficient (Wildman–Crippen LogP) is 3.89. The van der Waals surface area contributed by atoms with Gasteiger partial charge in [-0.05, 0) is 30.3 Å². The van der Waals surface area contributed by atoms with Gasteiger partial charge in [0, 0.05) is 23.6 Å². The second-order valence-electron chi connectivity index (χ2n) is 4.31. The van der Waals surface area contributed by atoms with Crippen LogP contribution in [0.1, 0.15) is 0 Å². The summed E-state index contributed by atoms with van der Waals surface area (Å²) in [6.45, 7) is 0. The summed E-state index contributed by atoms with van der Waals surface area (Å²) in [6.07, 6.45) is 1.45. The van der Waals surface area contributed by atoms with Crippen LogP contribution in [0.4, 0.5) is 17.1 Å². The van der Waals surface area contributed by atoms with E-state index in [1.165, 1.54) is 12.3 Å². The van der Waals surface area contributed by atoms with Crippen molar-refractivity contribution in [1.82, 2.24) is 4.98 Å². The van der Waals surface area contributed by atoms with Crippen LogP contribution in [-0.2, 0) is 0 Å². The molecule has 0 saturated heterocycles. The van der Waals surface area contributed by atoms with Crippen LogP contribution < -0.4 is 5.32 Å². The first-order chi connectivity index (χ1) is 9.74. The molecule has 0 amide bonds. The van der Waals surface area contributed by atoms with Crippen molar-refractivity contribution in [3.63, 3.8) is 0 Å². The number of nitro groups is 1. The highest BCUT2D eigenvalue weighted by atomic mass is 16.6. The number of hydrogen-bond acceptors (Lipinski definition) is 4. The first-order valence-corrected chi connectivity index (χ1v) is 6.09. The zero-order chi connectivity index (χ0) is 13.9. The third kappa shape index (κ3) is 2.29. The molecule has 1 aromatic heterocycles. The number of rotatable bonds is 3. The molecular formula is C15H11N3O2. The third-order valence-electron chi connectivity index (χ3n) is 2.98. The molecule has 3 rings (SSSR count). The van der Waals surface area contributed by atoms with E-state index >= 15 is 0 Å². The summed E-state index contributed by atoms with van der Waals surface area (Å²) >= 11 is 0. The van der Waals surface area contributed by atoms with E-state index in [2.05, 4.69) is 10.3 Å². The summed E-state index contributed by atoms with van der Waals surface area (Å²) in [5, 5.41) is 14.8. The zero-order valence-corrected chi connectivity index (χ0v) is 10.5. The van der Waals surface area contributed by atoms with Crippen LogP contribution in [-0.4, -0.2) is 9.91 Å². The maximum absolute atomic E-state index is 11.0. The molecule has 0 spiro atoms. The fraction of sp³-hybridized carbons (Fsp3) is 0. The number of aromatic nitrogens is 1. The van der Waals surface area contributed by atoms with Gasteiger partial charge in [0.25, 0.3) is 5.69 Å². The number of nitrogens with zero attached hydrogens (tertiary/aromatic N) is 2. The summed E-state index contributed by atoms with van der Waals surface area (Å²) in [6, 6.07) is 16.4. The number of anilines is 2. The number of pyridine rings is 1. The Hall–Kier alpha value is -2.95. The number of fused-ring (bicyclic) bond motifs is 1. The highest BCUT2D eigenvalue weighted by molar-refractivity contribution is 5.90. The fourth-order valence-corrected chi connectivity index (χ4v) is 2.06. The quantitative estimate of drug-likeness (QED) is 0.576. The Morgan fingerprint density at radius 3 is 2.55 bits per heavy atom. The molecule has 5 heteroatoms. The minimum absolute atomic E-state index is 0.0618. The van der Waals surface area contributed by atoms with Gasteiger partial charge in [-0.3, -0.25) is 15.1 Å². The largest absolute Gasteiger partial charge is 0.356 e. The molecule has 1 N–H and O–H groups in total. The zero-order valence-electron chi connectivity index (χ0n) is 10.5. The Labute approximate surface area is 115 Å². The molecule has 0 radical (unpaired) electrons. The van der Waals surface area contributed by atoms with Crippen molar-refractivity contribution in [2.24, 2.45) is 0 Å². The van der Waals surface area contributed by atoms with Crippen LogP contribution in [0.15, 0.2) is 60.8 Å². The summed E-state index contributed by atoms with van der Waals surface area (Å²) in [5.74, 6) is 0. The molecule has 0 fully saturated rings. The number of benzene rings is 2. The average Bonchev–Trinajstić information content (AvgIpc) is 2.47. The van der Waals surface area contributed by atoms with Crippen molar-refractivity contribution in [2.75, 3.05) is 5.32 Å². The fourth-order valence-electron chi connectivity index (χ4n) is 2.06. The normalized spacial score (nSPS) is 10.4. The third-order valence-corrected chi connectivity index (χ3v) is 2.98. The van der Waals surface area contributed by atoms with Crippen LogP contribution in [0.5, 0.6) is 0 Å². The average molecular weight is 265 g/mol. The van der Waals surface area contributed by atoms with E-state index in [9.17, 15) is 10.1 Å². The monoisotopic (exact) mass is 265 g/mol. The maximum atomic E-state index is 11.0. The van der Waals surface area contributed by atoms with Gasteiger partial charge in [-0.1, -0.05) is 18.2 Å². The van der Waals surface area contributed by atoms with E-state index < -0.39 is 4.92 Å². The van der Waals surface area contributed by atoms with Crippen molar-refractivity contribution in [2.45, 2.75) is 0 Å². The first kappa shape index (κ1) is 12.1. The van der Waals surface area contributed by atoms with Crippen LogP contribution in [0.25, 0.3) is 10.9 Å². The van der Waals surface area contributed by atoms with Crippen LogP contribution in [0, 0.1) is 10.1 Å². The summed E-state index contributed by atoms with van der Waals surface area (Å²) < 4.78 is 0. The van der Waals surface area contributed by atoms with Crippen molar-refractivity contribution < 1.29 is 4.92 Å². The molecule has 98 valence electrons. The van der Waals surface area contributed by atoms with Gasteiger partial charge in [0.1, 0.15) is 0 Å². The van der Waals surface area contributed by atoms with E-state index in [1.807, 2.05) is 36.4 Å². The number of nitrogens with one attached hydrogen (secondary N) is 1. The minimum Gasteiger partial charge on any atom is -0.356 e. The molecule has 0 atom stereocenters. The Morgan fingerprint density at radius 2 is 1.80 bits per heavy atom. The molecule has 3 aromatic rings. The van der Waals surface area contributed by atoms with Gasteiger partial charge in [0.05, 0.1) is 15.8 Å². The number of para-hydroxylation sites is 1. The van der Waals surface area contributed by atoms with E-state index in [4.69, 9.17) is 0 Å². The molecule has 1 heterocycles. The van der Waals surface area contributed by atoms with Gasteiger partial charge in [-0.25, -0.2) is 0 Å². The molecule has 0 aliphatic carbocycles. The Morgan fingerprint density at radius 1 is 1.00 bits per heavy atom. The van der Waals surface area contributed by atoms with Crippen molar-refractivity contribution in [3.05, 3.63) is 70.9 Å². The highest BCUT2D eigenvalue weighted by Crippen LogP contribution is 2.27. The van der Waals surface area contributed by atoms with Crippen molar-refractivity contribution >= 4 is 28.0 Å². The lowest BCUT2D eigenvalue weighted by Gasteiger charge is -2.07. The Kier molecular flexibility index (Phi) is 3.01. The standard InChI is InChI=1S/C15H11N3O2/c19-18(20)15-8-9-16-14-7-6-12(10-13(14)15)17-11-4-2-1-3-5-11/h1-10,17H. The van der Waals surface area contributed by atoms with Crippen LogP contribution >= 0.6 is 0 Å². The summed E-state index contributed by atoms with van der Waals surface area (Å²) in [7, 11) is 0. The van der Waals surface area contributed by atoms with E-state index in [1.54, 1.807) is 12.1 Å².